The second-order valence-corrected chi connectivity index (χ2v) is 12.0. The average molecular weight is 586 g/mol. The van der Waals surface area contributed by atoms with E-state index < -0.39 is 39.7 Å². The number of rotatable bonds is 10. The van der Waals surface area contributed by atoms with Gasteiger partial charge in [-0.05, 0) is 74.9 Å². The van der Waals surface area contributed by atoms with Gasteiger partial charge in [0.1, 0.15) is 18.2 Å². The number of carboxylic acids is 1. The van der Waals surface area contributed by atoms with Gasteiger partial charge in [-0.2, -0.15) is 9.40 Å². The summed E-state index contributed by atoms with van der Waals surface area (Å²) < 4.78 is 70.5. The van der Waals surface area contributed by atoms with Crippen LogP contribution >= 0.6 is 0 Å². The van der Waals surface area contributed by atoms with Gasteiger partial charge in [0.15, 0.2) is 11.6 Å². The van der Waals surface area contributed by atoms with Gasteiger partial charge >= 0.3 is 5.97 Å². The zero-order valence-electron chi connectivity index (χ0n) is 22.4. The highest BCUT2D eigenvalue weighted by Crippen LogP contribution is 2.36. The van der Waals surface area contributed by atoms with Crippen molar-refractivity contribution >= 4 is 26.9 Å². The molecule has 0 aliphatic carbocycles. The first kappa shape index (κ1) is 28.5. The van der Waals surface area contributed by atoms with Gasteiger partial charge in [-0.1, -0.05) is 12.1 Å². The Morgan fingerprint density at radius 2 is 1.83 bits per heavy atom. The van der Waals surface area contributed by atoms with Crippen LogP contribution in [0.3, 0.4) is 0 Å². The Labute approximate surface area is 236 Å². The normalized spacial score (nSPS) is 17.8. The highest BCUT2D eigenvalue weighted by molar-refractivity contribution is 7.89. The summed E-state index contributed by atoms with van der Waals surface area (Å²) in [5.74, 6) is -1.71. The van der Waals surface area contributed by atoms with Crippen molar-refractivity contribution in [1.82, 2.24) is 14.1 Å². The largest absolute Gasteiger partial charge is 0.491 e. The first-order valence-corrected chi connectivity index (χ1v) is 14.5. The molecule has 3 aromatic carbocycles. The van der Waals surface area contributed by atoms with Crippen LogP contribution in [-0.4, -0.2) is 58.9 Å². The van der Waals surface area contributed by atoms with Crippen LogP contribution in [0.2, 0.25) is 0 Å². The van der Waals surface area contributed by atoms with E-state index in [1.807, 2.05) is 13.8 Å². The van der Waals surface area contributed by atoms with Crippen LogP contribution in [0.15, 0.2) is 71.6 Å². The lowest BCUT2D eigenvalue weighted by atomic mass is 10.1. The molecule has 5 rings (SSSR count). The molecule has 0 radical (unpaired) electrons. The van der Waals surface area contributed by atoms with Crippen molar-refractivity contribution in [3.05, 3.63) is 84.1 Å². The Hall–Kier alpha value is -4.03. The Kier molecular flexibility index (Phi) is 7.96. The molecule has 0 spiro atoms. The molecule has 0 saturated carbocycles. The van der Waals surface area contributed by atoms with Gasteiger partial charge in [-0.3, -0.25) is 9.48 Å². The summed E-state index contributed by atoms with van der Waals surface area (Å²) in [5.41, 5.74) is 0.600. The minimum Gasteiger partial charge on any atom is -0.491 e. The zero-order chi connectivity index (χ0) is 29.3. The highest BCUT2D eigenvalue weighted by atomic mass is 32.2. The first-order chi connectivity index (χ1) is 19.5. The molecular weight excluding hydrogens is 556 g/mol. The van der Waals surface area contributed by atoms with E-state index in [1.165, 1.54) is 57.5 Å². The monoisotopic (exact) mass is 585 g/mol. The fourth-order valence-electron chi connectivity index (χ4n) is 5.06. The fraction of sp³-hybridized carbons (Fsp3) is 0.310. The summed E-state index contributed by atoms with van der Waals surface area (Å²) in [7, 11) is -4.07. The summed E-state index contributed by atoms with van der Waals surface area (Å²) >= 11 is 0. The van der Waals surface area contributed by atoms with E-state index in [0.29, 0.717) is 16.7 Å². The van der Waals surface area contributed by atoms with Crippen LogP contribution in [0.5, 0.6) is 11.5 Å². The molecule has 1 fully saturated rings. The number of aromatic nitrogens is 2. The third kappa shape index (κ3) is 6.03. The lowest BCUT2D eigenvalue weighted by Gasteiger charge is -2.24. The predicted octanol–water partition coefficient (Wildman–Crippen LogP) is 4.81. The highest BCUT2D eigenvalue weighted by Gasteiger charge is 2.42. The molecule has 1 aromatic heterocycles. The van der Waals surface area contributed by atoms with Gasteiger partial charge in [0, 0.05) is 11.9 Å². The van der Waals surface area contributed by atoms with Gasteiger partial charge in [0.05, 0.1) is 40.7 Å². The maximum atomic E-state index is 14.3. The minimum absolute atomic E-state index is 0.0150. The second kappa shape index (κ2) is 11.5. The molecule has 1 aliphatic heterocycles. The Morgan fingerprint density at radius 3 is 2.51 bits per heavy atom. The maximum absolute atomic E-state index is 14.3. The first-order valence-electron chi connectivity index (χ1n) is 13.1. The van der Waals surface area contributed by atoms with Crippen LogP contribution < -0.4 is 9.47 Å². The van der Waals surface area contributed by atoms with Crippen molar-refractivity contribution in [2.45, 2.75) is 49.8 Å². The number of aliphatic carboxylic acids is 1. The van der Waals surface area contributed by atoms with E-state index in [-0.39, 0.29) is 48.4 Å². The standard InChI is InChI=1S/C29H29F2N3O6S/c1-18(2)40-22-8-10-23(11-9-22)41(37,38)33-16-20(14-21(33)17-39-28-6-4-3-5-25(28)31)34-27-13-19(30)7-12-24(27)26(32-34)15-29(35)36/h3-13,18,20-21H,14-17H2,1-2H3,(H,35,36)/t20-,21-/m1/s1. The number of fused-ring (bicyclic) bond motifs is 1. The molecule has 41 heavy (non-hydrogen) atoms. The molecule has 1 aliphatic rings. The van der Waals surface area contributed by atoms with E-state index in [2.05, 4.69) is 5.10 Å². The number of para-hydroxylation sites is 1. The number of nitrogens with zero attached hydrogens (tertiary/aromatic N) is 3. The molecule has 0 unspecified atom stereocenters. The summed E-state index contributed by atoms with van der Waals surface area (Å²) in [6, 6.07) is 14.5. The minimum atomic E-state index is -4.07. The summed E-state index contributed by atoms with van der Waals surface area (Å²) in [5, 5.41) is 14.3. The number of hydrogen-bond donors (Lipinski definition) is 1. The summed E-state index contributed by atoms with van der Waals surface area (Å²) in [6.45, 7) is 3.53. The molecular formula is C29H29F2N3O6S. The summed E-state index contributed by atoms with van der Waals surface area (Å²) in [4.78, 5) is 11.5. The quantitative estimate of drug-likeness (QED) is 0.284. The number of carbonyl (C=O) groups is 1. The lowest BCUT2D eigenvalue weighted by Crippen LogP contribution is -2.39. The van der Waals surface area contributed by atoms with E-state index in [4.69, 9.17) is 9.47 Å². The van der Waals surface area contributed by atoms with Crippen molar-refractivity contribution in [2.24, 2.45) is 0 Å². The van der Waals surface area contributed by atoms with Crippen LogP contribution in [0.1, 0.15) is 32.0 Å². The number of benzene rings is 3. The molecule has 1 N–H and O–H groups in total. The van der Waals surface area contributed by atoms with Crippen molar-refractivity contribution in [3.8, 4) is 11.5 Å². The molecule has 2 heterocycles. The van der Waals surface area contributed by atoms with E-state index in [0.717, 1.165) is 0 Å². The van der Waals surface area contributed by atoms with E-state index in [9.17, 15) is 27.1 Å². The molecule has 0 bridgehead atoms. The fourth-order valence-corrected chi connectivity index (χ4v) is 6.72. The van der Waals surface area contributed by atoms with Crippen LogP contribution in [-0.2, 0) is 21.2 Å². The number of sulfonamides is 1. The molecule has 0 amide bonds. The topological polar surface area (TPSA) is 111 Å². The van der Waals surface area contributed by atoms with Gasteiger partial charge in [-0.15, -0.1) is 0 Å². The molecule has 2 atom stereocenters. The number of ether oxygens (including phenoxy) is 2. The Balaban J connectivity index is 1.51. The molecule has 216 valence electrons. The summed E-state index contributed by atoms with van der Waals surface area (Å²) in [6.07, 6.45) is -0.257. The molecule has 1 saturated heterocycles. The van der Waals surface area contributed by atoms with Gasteiger partial charge in [-0.25, -0.2) is 17.2 Å². The Morgan fingerprint density at radius 1 is 1.10 bits per heavy atom. The van der Waals surface area contributed by atoms with Crippen molar-refractivity contribution in [1.29, 1.82) is 0 Å². The molecule has 9 nitrogen and oxygen atoms in total. The van der Waals surface area contributed by atoms with Crippen molar-refractivity contribution in [2.75, 3.05) is 13.2 Å². The smallest absolute Gasteiger partial charge is 0.309 e. The zero-order valence-corrected chi connectivity index (χ0v) is 23.2. The van der Waals surface area contributed by atoms with Gasteiger partial charge in [0.25, 0.3) is 0 Å². The van der Waals surface area contributed by atoms with Gasteiger partial charge in [0.2, 0.25) is 10.0 Å². The third-order valence-electron chi connectivity index (χ3n) is 6.82. The van der Waals surface area contributed by atoms with Gasteiger partial charge < -0.3 is 14.6 Å². The maximum Gasteiger partial charge on any atom is 0.309 e. The predicted molar refractivity (Wildman–Crippen MR) is 146 cm³/mol. The number of halogens is 2. The number of carboxylic acid groups (broad SMARTS) is 1. The molecule has 12 heteroatoms. The average Bonchev–Trinajstić information content (AvgIpc) is 3.49. The van der Waals surface area contributed by atoms with Crippen molar-refractivity contribution < 1.29 is 36.6 Å². The van der Waals surface area contributed by atoms with E-state index in [1.54, 1.807) is 18.2 Å². The van der Waals surface area contributed by atoms with Crippen LogP contribution in [0.4, 0.5) is 8.78 Å². The second-order valence-electron chi connectivity index (χ2n) is 10.1. The lowest BCUT2D eigenvalue weighted by molar-refractivity contribution is -0.136. The molecule has 4 aromatic rings. The number of hydrogen-bond acceptors (Lipinski definition) is 6. The third-order valence-corrected chi connectivity index (χ3v) is 8.76. The van der Waals surface area contributed by atoms with Crippen molar-refractivity contribution in [3.63, 3.8) is 0 Å². The van der Waals surface area contributed by atoms with Crippen LogP contribution in [0.25, 0.3) is 10.9 Å². The SMILES string of the molecule is CC(C)Oc1ccc(S(=O)(=O)N2C[C@H](n3nc(CC(=O)O)c4ccc(F)cc43)C[C@@H]2COc2ccccc2F)cc1. The Bertz CT molecular complexity index is 1670. The van der Waals surface area contributed by atoms with E-state index >= 15 is 0 Å². The van der Waals surface area contributed by atoms with Crippen LogP contribution in [0, 0.1) is 11.6 Å².